The van der Waals surface area contributed by atoms with Crippen LogP contribution in [0, 0.1) is 5.82 Å². The Labute approximate surface area is 73.4 Å². The van der Waals surface area contributed by atoms with Gasteiger partial charge in [-0.05, 0) is 17.7 Å². The predicted molar refractivity (Wildman–Crippen MR) is 43.4 cm³/mol. The molecule has 0 radical (unpaired) electrons. The Morgan fingerprint density at radius 1 is 1.54 bits per heavy atom. The van der Waals surface area contributed by atoms with Gasteiger partial charge in [-0.2, -0.15) is 0 Å². The van der Waals surface area contributed by atoms with Crippen molar-refractivity contribution >= 4 is 11.7 Å². The number of carboxylic acid groups (broad SMARTS) is 1. The minimum Gasteiger partial charge on any atom is -0.479 e. The second-order valence-corrected chi connectivity index (χ2v) is 2.52. The zero-order valence-electron chi connectivity index (χ0n) is 6.57. The van der Waals surface area contributed by atoms with Gasteiger partial charge in [-0.25, -0.2) is 9.18 Å². The highest BCUT2D eigenvalue weighted by molar-refractivity contribution is 5.74. The standard InChI is InChI=1S/C8H8FNO3/c9-5-2-1-4(3-6(5)10)7(11)8(12)13/h1-3,7,11H,10H2,(H,12,13). The van der Waals surface area contributed by atoms with Gasteiger partial charge in [-0.15, -0.1) is 0 Å². The summed E-state index contributed by atoms with van der Waals surface area (Å²) in [6, 6.07) is 3.27. The van der Waals surface area contributed by atoms with E-state index >= 15 is 0 Å². The molecule has 0 saturated carbocycles. The van der Waals surface area contributed by atoms with Crippen LogP contribution in [0.25, 0.3) is 0 Å². The van der Waals surface area contributed by atoms with Gasteiger partial charge >= 0.3 is 5.97 Å². The van der Waals surface area contributed by atoms with Crippen LogP contribution in [-0.2, 0) is 4.79 Å². The van der Waals surface area contributed by atoms with Crippen LogP contribution in [0.15, 0.2) is 18.2 Å². The molecule has 0 spiro atoms. The van der Waals surface area contributed by atoms with E-state index in [4.69, 9.17) is 15.9 Å². The fourth-order valence-corrected chi connectivity index (χ4v) is 0.875. The van der Waals surface area contributed by atoms with Crippen molar-refractivity contribution < 1.29 is 19.4 Å². The van der Waals surface area contributed by atoms with Crippen molar-refractivity contribution in [1.29, 1.82) is 0 Å². The van der Waals surface area contributed by atoms with Gasteiger partial charge in [0.25, 0.3) is 0 Å². The van der Waals surface area contributed by atoms with E-state index in [1.807, 2.05) is 0 Å². The summed E-state index contributed by atoms with van der Waals surface area (Å²) in [6.07, 6.45) is -1.66. The molecular formula is C8H8FNO3. The topological polar surface area (TPSA) is 83.5 Å². The lowest BCUT2D eigenvalue weighted by atomic mass is 10.1. The number of carboxylic acids is 1. The average molecular weight is 185 g/mol. The summed E-state index contributed by atoms with van der Waals surface area (Å²) in [4.78, 5) is 10.3. The molecule has 0 bridgehead atoms. The largest absolute Gasteiger partial charge is 0.479 e. The van der Waals surface area contributed by atoms with E-state index in [1.165, 1.54) is 6.07 Å². The Balaban J connectivity index is 3.03. The minimum atomic E-state index is -1.66. The highest BCUT2D eigenvalue weighted by atomic mass is 19.1. The third-order valence-corrected chi connectivity index (χ3v) is 1.57. The molecule has 0 saturated heterocycles. The Hall–Kier alpha value is -1.62. The Bertz CT molecular complexity index is 340. The van der Waals surface area contributed by atoms with Crippen LogP contribution in [0.3, 0.4) is 0 Å². The van der Waals surface area contributed by atoms with E-state index in [9.17, 15) is 9.18 Å². The molecule has 4 nitrogen and oxygen atoms in total. The first-order valence-corrected chi connectivity index (χ1v) is 3.48. The molecule has 0 heterocycles. The van der Waals surface area contributed by atoms with E-state index < -0.39 is 17.9 Å². The Morgan fingerprint density at radius 3 is 2.62 bits per heavy atom. The van der Waals surface area contributed by atoms with Gasteiger partial charge in [0.15, 0.2) is 6.10 Å². The summed E-state index contributed by atoms with van der Waals surface area (Å²) in [5, 5.41) is 17.4. The van der Waals surface area contributed by atoms with Crippen LogP contribution < -0.4 is 5.73 Å². The quantitative estimate of drug-likeness (QED) is 0.586. The summed E-state index contributed by atoms with van der Waals surface area (Å²) >= 11 is 0. The summed E-state index contributed by atoms with van der Waals surface area (Å²) in [6.45, 7) is 0. The molecule has 13 heavy (non-hydrogen) atoms. The van der Waals surface area contributed by atoms with Crippen LogP contribution in [-0.4, -0.2) is 16.2 Å². The molecule has 1 atom stereocenters. The van der Waals surface area contributed by atoms with Crippen molar-refractivity contribution in [3.8, 4) is 0 Å². The zero-order chi connectivity index (χ0) is 10.0. The molecule has 0 aromatic heterocycles. The van der Waals surface area contributed by atoms with Crippen LogP contribution in [0.5, 0.6) is 0 Å². The highest BCUT2D eigenvalue weighted by Crippen LogP contribution is 2.18. The molecule has 1 unspecified atom stereocenters. The highest BCUT2D eigenvalue weighted by Gasteiger charge is 2.16. The lowest BCUT2D eigenvalue weighted by Gasteiger charge is -2.06. The fraction of sp³-hybridized carbons (Fsp3) is 0.125. The van der Waals surface area contributed by atoms with Crippen molar-refractivity contribution in [3.05, 3.63) is 29.6 Å². The summed E-state index contributed by atoms with van der Waals surface area (Å²) in [5.41, 5.74) is 5.06. The fourth-order valence-electron chi connectivity index (χ4n) is 0.875. The predicted octanol–water partition coefficient (Wildman–Crippen LogP) is 0.526. The molecule has 0 aliphatic heterocycles. The number of halogens is 1. The van der Waals surface area contributed by atoms with E-state index in [-0.39, 0.29) is 11.3 Å². The molecule has 1 rings (SSSR count). The minimum absolute atomic E-state index is 0.0615. The SMILES string of the molecule is Nc1cc(C(O)C(=O)O)ccc1F. The molecule has 4 N–H and O–H groups in total. The number of carbonyl (C=O) groups is 1. The van der Waals surface area contributed by atoms with Crippen LogP contribution >= 0.6 is 0 Å². The average Bonchev–Trinajstić information content (AvgIpc) is 2.08. The maximum Gasteiger partial charge on any atom is 0.337 e. The Kier molecular flexibility index (Phi) is 2.48. The van der Waals surface area contributed by atoms with Crippen molar-refractivity contribution in [2.24, 2.45) is 0 Å². The molecule has 1 aromatic carbocycles. The van der Waals surface area contributed by atoms with Gasteiger partial charge in [0.05, 0.1) is 5.69 Å². The summed E-state index contributed by atoms with van der Waals surface area (Å²) in [5.74, 6) is -2.03. The number of aliphatic hydroxyl groups is 1. The van der Waals surface area contributed by atoms with Gasteiger partial charge in [-0.1, -0.05) is 6.07 Å². The van der Waals surface area contributed by atoms with Crippen LogP contribution in [0.4, 0.5) is 10.1 Å². The van der Waals surface area contributed by atoms with E-state index in [0.717, 1.165) is 12.1 Å². The lowest BCUT2D eigenvalue weighted by Crippen LogP contribution is -2.10. The molecule has 0 fully saturated rings. The van der Waals surface area contributed by atoms with Crippen molar-refractivity contribution in [2.45, 2.75) is 6.10 Å². The number of benzene rings is 1. The molecule has 0 aliphatic rings. The number of hydrogen-bond donors (Lipinski definition) is 3. The van der Waals surface area contributed by atoms with Gasteiger partial charge in [0.2, 0.25) is 0 Å². The number of aliphatic carboxylic acids is 1. The first-order valence-electron chi connectivity index (χ1n) is 3.48. The number of aliphatic hydroxyl groups excluding tert-OH is 1. The smallest absolute Gasteiger partial charge is 0.337 e. The second-order valence-electron chi connectivity index (χ2n) is 2.52. The molecular weight excluding hydrogens is 177 g/mol. The molecule has 0 aliphatic carbocycles. The number of hydrogen-bond acceptors (Lipinski definition) is 3. The normalized spacial score (nSPS) is 12.5. The number of rotatable bonds is 2. The zero-order valence-corrected chi connectivity index (χ0v) is 6.57. The van der Waals surface area contributed by atoms with Gasteiger partial charge in [0.1, 0.15) is 5.82 Å². The van der Waals surface area contributed by atoms with E-state index in [0.29, 0.717) is 0 Å². The van der Waals surface area contributed by atoms with Crippen LogP contribution in [0.1, 0.15) is 11.7 Å². The first kappa shape index (κ1) is 9.47. The Morgan fingerprint density at radius 2 is 2.15 bits per heavy atom. The summed E-state index contributed by atoms with van der Waals surface area (Å²) < 4.78 is 12.6. The number of anilines is 1. The van der Waals surface area contributed by atoms with Crippen molar-refractivity contribution in [1.82, 2.24) is 0 Å². The summed E-state index contributed by atoms with van der Waals surface area (Å²) in [7, 11) is 0. The van der Waals surface area contributed by atoms with Gasteiger partial charge in [0, 0.05) is 0 Å². The number of nitrogen functional groups attached to an aromatic ring is 1. The molecule has 70 valence electrons. The van der Waals surface area contributed by atoms with Crippen LogP contribution in [0.2, 0.25) is 0 Å². The second kappa shape index (κ2) is 3.40. The monoisotopic (exact) mass is 185 g/mol. The van der Waals surface area contributed by atoms with Gasteiger partial charge < -0.3 is 15.9 Å². The maximum absolute atomic E-state index is 12.6. The maximum atomic E-state index is 12.6. The van der Waals surface area contributed by atoms with E-state index in [2.05, 4.69) is 0 Å². The molecule has 5 heteroatoms. The van der Waals surface area contributed by atoms with Crippen molar-refractivity contribution in [2.75, 3.05) is 5.73 Å². The first-order chi connectivity index (χ1) is 6.02. The van der Waals surface area contributed by atoms with E-state index in [1.54, 1.807) is 0 Å². The lowest BCUT2D eigenvalue weighted by molar-refractivity contribution is -0.146. The number of nitrogens with two attached hydrogens (primary N) is 1. The molecule has 1 aromatic rings. The third-order valence-electron chi connectivity index (χ3n) is 1.57. The molecule has 0 amide bonds. The van der Waals surface area contributed by atoms with Gasteiger partial charge in [-0.3, -0.25) is 0 Å². The third kappa shape index (κ3) is 1.94. The van der Waals surface area contributed by atoms with Crippen molar-refractivity contribution in [3.63, 3.8) is 0 Å².